The molecule has 0 saturated heterocycles. The van der Waals surface area contributed by atoms with Gasteiger partial charge in [-0.15, -0.1) is 0 Å². The molecule has 92 valence electrons. The molecule has 1 aliphatic rings. The van der Waals surface area contributed by atoms with Crippen LogP contribution in [0, 0.1) is 12.7 Å². The van der Waals surface area contributed by atoms with Gasteiger partial charge in [0.15, 0.2) is 0 Å². The highest BCUT2D eigenvalue weighted by Crippen LogP contribution is 2.30. The van der Waals surface area contributed by atoms with E-state index in [-0.39, 0.29) is 11.9 Å². The number of aromatic nitrogens is 1. The monoisotopic (exact) mass is 242 g/mol. The van der Waals surface area contributed by atoms with Crippen LogP contribution in [-0.2, 0) is 12.8 Å². The fourth-order valence-corrected chi connectivity index (χ4v) is 2.64. The van der Waals surface area contributed by atoms with Gasteiger partial charge in [-0.25, -0.2) is 4.39 Å². The fourth-order valence-electron chi connectivity index (χ4n) is 2.64. The summed E-state index contributed by atoms with van der Waals surface area (Å²) < 4.78 is 13.2. The molecular formula is C15H15FN2. The molecule has 2 aromatic rings. The van der Waals surface area contributed by atoms with Crippen LogP contribution in [0.3, 0.4) is 0 Å². The highest BCUT2D eigenvalue weighted by Gasteiger charge is 2.22. The summed E-state index contributed by atoms with van der Waals surface area (Å²) in [6.45, 7) is 2.07. The van der Waals surface area contributed by atoms with Gasteiger partial charge in [0.2, 0.25) is 0 Å². The van der Waals surface area contributed by atoms with E-state index in [9.17, 15) is 4.39 Å². The average molecular weight is 242 g/mol. The Morgan fingerprint density at radius 3 is 2.83 bits per heavy atom. The number of nitrogens with zero attached hydrogens (tertiary/aromatic N) is 1. The number of aryl methyl sites for hydroxylation is 3. The zero-order valence-corrected chi connectivity index (χ0v) is 10.3. The quantitative estimate of drug-likeness (QED) is 0.771. The van der Waals surface area contributed by atoms with Gasteiger partial charge in [0.25, 0.3) is 0 Å². The highest BCUT2D eigenvalue weighted by atomic mass is 19.1. The summed E-state index contributed by atoms with van der Waals surface area (Å²) >= 11 is 0. The fraction of sp³-hybridized carbons (Fsp3) is 0.267. The van der Waals surface area contributed by atoms with Gasteiger partial charge in [0.05, 0.1) is 17.9 Å². The molecule has 1 atom stereocenters. The molecule has 0 fully saturated rings. The molecule has 0 amide bonds. The Morgan fingerprint density at radius 2 is 2.00 bits per heavy atom. The Morgan fingerprint density at radius 1 is 1.22 bits per heavy atom. The van der Waals surface area contributed by atoms with E-state index >= 15 is 0 Å². The van der Waals surface area contributed by atoms with Crippen LogP contribution in [0.4, 0.5) is 4.39 Å². The molecule has 1 aromatic carbocycles. The normalized spacial score (nSPS) is 17.8. The molecule has 2 N–H and O–H groups in total. The van der Waals surface area contributed by atoms with Crippen molar-refractivity contribution in [2.24, 2.45) is 5.73 Å². The van der Waals surface area contributed by atoms with Gasteiger partial charge in [-0.2, -0.15) is 0 Å². The molecule has 0 bridgehead atoms. The molecular weight excluding hydrogens is 227 g/mol. The van der Waals surface area contributed by atoms with E-state index in [1.54, 1.807) is 6.07 Å². The second-order valence-electron chi connectivity index (χ2n) is 4.88. The average Bonchev–Trinajstić information content (AvgIpc) is 2.47. The number of pyridine rings is 1. The summed E-state index contributed by atoms with van der Waals surface area (Å²) in [5.74, 6) is -0.289. The first-order chi connectivity index (χ1) is 8.65. The summed E-state index contributed by atoms with van der Waals surface area (Å²) in [6.07, 6.45) is 2.94. The lowest BCUT2D eigenvalue weighted by atomic mass is 9.97. The predicted octanol–water partition coefficient (Wildman–Crippen LogP) is 2.68. The Bertz CT molecular complexity index is 554. The SMILES string of the molecule is Cc1ccc2c(c1)CCc1cc(F)cnc1C2N. The summed E-state index contributed by atoms with van der Waals surface area (Å²) in [6, 6.07) is 7.60. The molecule has 18 heavy (non-hydrogen) atoms. The number of nitrogens with two attached hydrogens (primary N) is 1. The smallest absolute Gasteiger partial charge is 0.141 e. The standard InChI is InChI=1S/C15H15FN2/c1-9-2-5-13-10(6-9)3-4-11-7-12(16)8-18-15(11)14(13)17/h2,5-8,14H,3-4,17H2,1H3. The molecule has 1 unspecified atom stereocenters. The molecule has 1 heterocycles. The summed E-state index contributed by atoms with van der Waals surface area (Å²) in [7, 11) is 0. The van der Waals surface area contributed by atoms with Crippen molar-refractivity contribution in [3.05, 3.63) is 64.2 Å². The van der Waals surface area contributed by atoms with Gasteiger partial charge >= 0.3 is 0 Å². The van der Waals surface area contributed by atoms with Gasteiger partial charge in [-0.3, -0.25) is 4.98 Å². The van der Waals surface area contributed by atoms with E-state index in [0.29, 0.717) is 0 Å². The van der Waals surface area contributed by atoms with Crippen molar-refractivity contribution in [3.63, 3.8) is 0 Å². The van der Waals surface area contributed by atoms with Crippen LogP contribution in [0.2, 0.25) is 0 Å². The second-order valence-corrected chi connectivity index (χ2v) is 4.88. The number of rotatable bonds is 0. The lowest BCUT2D eigenvalue weighted by molar-refractivity contribution is 0.614. The Kier molecular flexibility index (Phi) is 2.63. The molecule has 0 saturated carbocycles. The largest absolute Gasteiger partial charge is 0.319 e. The van der Waals surface area contributed by atoms with Crippen LogP contribution >= 0.6 is 0 Å². The predicted molar refractivity (Wildman–Crippen MR) is 68.8 cm³/mol. The van der Waals surface area contributed by atoms with E-state index < -0.39 is 0 Å². The van der Waals surface area contributed by atoms with Gasteiger partial charge in [-0.1, -0.05) is 23.8 Å². The molecule has 0 radical (unpaired) electrons. The number of halogens is 1. The first-order valence-corrected chi connectivity index (χ1v) is 6.14. The third kappa shape index (κ3) is 1.81. The molecule has 0 spiro atoms. The van der Waals surface area contributed by atoms with Crippen molar-refractivity contribution in [2.45, 2.75) is 25.8 Å². The molecule has 0 aliphatic heterocycles. The lowest BCUT2D eigenvalue weighted by Gasteiger charge is -2.14. The van der Waals surface area contributed by atoms with Crippen molar-refractivity contribution in [1.82, 2.24) is 4.98 Å². The zero-order valence-electron chi connectivity index (χ0n) is 10.3. The van der Waals surface area contributed by atoms with E-state index in [0.717, 1.165) is 29.7 Å². The minimum absolute atomic E-state index is 0.251. The van der Waals surface area contributed by atoms with Crippen LogP contribution in [0.25, 0.3) is 0 Å². The molecule has 3 heteroatoms. The summed E-state index contributed by atoms with van der Waals surface area (Å²) in [4.78, 5) is 4.18. The van der Waals surface area contributed by atoms with Crippen molar-refractivity contribution in [2.75, 3.05) is 0 Å². The lowest BCUT2D eigenvalue weighted by Crippen LogP contribution is -2.15. The first kappa shape index (κ1) is 11.4. The Balaban J connectivity index is 2.15. The van der Waals surface area contributed by atoms with E-state index in [4.69, 9.17) is 5.73 Å². The van der Waals surface area contributed by atoms with E-state index in [1.165, 1.54) is 17.3 Å². The summed E-state index contributed by atoms with van der Waals surface area (Å²) in [5.41, 5.74) is 11.6. The number of hydrogen-bond acceptors (Lipinski definition) is 2. The maximum Gasteiger partial charge on any atom is 0.141 e. The molecule has 2 nitrogen and oxygen atoms in total. The third-order valence-corrected chi connectivity index (χ3v) is 3.56. The van der Waals surface area contributed by atoms with Gasteiger partial charge in [0, 0.05) is 0 Å². The molecule has 1 aromatic heterocycles. The van der Waals surface area contributed by atoms with Crippen LogP contribution in [0.1, 0.15) is 34.0 Å². The van der Waals surface area contributed by atoms with Crippen molar-refractivity contribution in [3.8, 4) is 0 Å². The van der Waals surface area contributed by atoms with Gasteiger partial charge in [-0.05, 0) is 42.5 Å². The Hall–Kier alpha value is -1.74. The zero-order chi connectivity index (χ0) is 12.7. The van der Waals surface area contributed by atoms with Crippen LogP contribution in [0.15, 0.2) is 30.5 Å². The second kappa shape index (κ2) is 4.18. The molecule has 1 aliphatic carbocycles. The van der Waals surface area contributed by atoms with E-state index in [1.807, 2.05) is 0 Å². The first-order valence-electron chi connectivity index (χ1n) is 6.14. The third-order valence-electron chi connectivity index (χ3n) is 3.56. The highest BCUT2D eigenvalue weighted by molar-refractivity contribution is 5.42. The summed E-state index contributed by atoms with van der Waals surface area (Å²) in [5, 5.41) is 0. The maximum atomic E-state index is 13.2. The van der Waals surface area contributed by atoms with Crippen LogP contribution in [0.5, 0.6) is 0 Å². The van der Waals surface area contributed by atoms with Crippen molar-refractivity contribution in [1.29, 1.82) is 0 Å². The minimum atomic E-state index is -0.289. The van der Waals surface area contributed by atoms with Crippen molar-refractivity contribution < 1.29 is 4.39 Å². The molecule has 3 rings (SSSR count). The topological polar surface area (TPSA) is 38.9 Å². The number of fused-ring (bicyclic) bond motifs is 2. The van der Waals surface area contributed by atoms with Gasteiger partial charge < -0.3 is 5.73 Å². The van der Waals surface area contributed by atoms with Crippen molar-refractivity contribution >= 4 is 0 Å². The number of hydrogen-bond donors (Lipinski definition) is 1. The maximum absolute atomic E-state index is 13.2. The Labute approximate surface area is 106 Å². The van der Waals surface area contributed by atoms with E-state index in [2.05, 4.69) is 30.1 Å². The van der Waals surface area contributed by atoms with Crippen LogP contribution < -0.4 is 5.73 Å². The van der Waals surface area contributed by atoms with Gasteiger partial charge in [0.1, 0.15) is 5.82 Å². The number of benzene rings is 1. The minimum Gasteiger partial charge on any atom is -0.319 e. The van der Waals surface area contributed by atoms with Crippen LogP contribution in [-0.4, -0.2) is 4.98 Å².